The van der Waals surface area contributed by atoms with Crippen molar-refractivity contribution in [3.63, 3.8) is 0 Å². The number of primary amides is 1. The van der Waals surface area contributed by atoms with Gasteiger partial charge in [0.2, 0.25) is 11.8 Å². The number of benzene rings is 1. The van der Waals surface area contributed by atoms with Gasteiger partial charge in [-0.05, 0) is 30.5 Å². The lowest BCUT2D eigenvalue weighted by Crippen LogP contribution is -2.25. The number of aromatic nitrogens is 3. The molecule has 2 aromatic rings. The average Bonchev–Trinajstić information content (AvgIpc) is 3.35. The maximum absolute atomic E-state index is 12.0. The summed E-state index contributed by atoms with van der Waals surface area (Å²) in [5.41, 5.74) is 6.28. The molecule has 0 atom stereocenters. The van der Waals surface area contributed by atoms with Crippen LogP contribution in [0.25, 0.3) is 0 Å². The Morgan fingerprint density at radius 2 is 2.00 bits per heavy atom. The van der Waals surface area contributed by atoms with Crippen LogP contribution in [0.4, 0.5) is 0 Å². The monoisotopic (exact) mass is 379 g/mol. The van der Waals surface area contributed by atoms with Crippen LogP contribution in [-0.2, 0) is 22.7 Å². The minimum Gasteiger partial charge on any atom is -0.368 e. The van der Waals surface area contributed by atoms with E-state index in [2.05, 4.69) is 15.5 Å². The van der Waals surface area contributed by atoms with E-state index in [1.165, 1.54) is 11.8 Å². The smallest absolute Gasteiger partial charge is 0.237 e. The number of nitrogens with two attached hydrogens (primary N) is 1. The summed E-state index contributed by atoms with van der Waals surface area (Å²) in [4.78, 5) is 23.3. The summed E-state index contributed by atoms with van der Waals surface area (Å²) in [5, 5.41) is 12.3. The van der Waals surface area contributed by atoms with E-state index in [1.807, 2.05) is 12.1 Å². The molecule has 132 valence electrons. The van der Waals surface area contributed by atoms with Gasteiger partial charge in [-0.15, -0.1) is 10.2 Å². The predicted octanol–water partition coefficient (Wildman–Crippen LogP) is 1.70. The number of thioether (sulfide) groups is 1. The normalized spacial score (nSPS) is 13.6. The molecular weight excluding hydrogens is 362 g/mol. The number of nitrogens with zero attached hydrogens (tertiary/aromatic N) is 3. The van der Waals surface area contributed by atoms with Crippen molar-refractivity contribution in [2.24, 2.45) is 5.73 Å². The minimum absolute atomic E-state index is 0.0353. The Balaban J connectivity index is 1.54. The first-order valence-corrected chi connectivity index (χ1v) is 9.24. The van der Waals surface area contributed by atoms with Gasteiger partial charge >= 0.3 is 0 Å². The van der Waals surface area contributed by atoms with Crippen molar-refractivity contribution < 1.29 is 9.59 Å². The topological polar surface area (TPSA) is 103 Å². The van der Waals surface area contributed by atoms with Crippen LogP contribution in [0.2, 0.25) is 5.02 Å². The fraction of sp³-hybridized carbons (Fsp3) is 0.375. The van der Waals surface area contributed by atoms with Crippen molar-refractivity contribution >= 4 is 35.2 Å². The zero-order valence-corrected chi connectivity index (χ0v) is 15.0. The van der Waals surface area contributed by atoms with Crippen LogP contribution in [-0.4, -0.2) is 32.3 Å². The molecule has 2 amide bonds. The van der Waals surface area contributed by atoms with Crippen molar-refractivity contribution in [3.05, 3.63) is 40.7 Å². The van der Waals surface area contributed by atoms with Crippen LogP contribution in [0.15, 0.2) is 29.4 Å². The van der Waals surface area contributed by atoms with Crippen LogP contribution in [0.5, 0.6) is 0 Å². The zero-order chi connectivity index (χ0) is 17.8. The number of amides is 2. The molecule has 1 heterocycles. The number of rotatable bonds is 8. The molecule has 1 aliphatic carbocycles. The Hall–Kier alpha value is -2.06. The standard InChI is InChI=1S/C16H18ClN5O2S/c17-12-5-1-10(2-6-12)7-19-14(24)9-25-16-21-20-15(11-3-4-11)22(16)8-13(18)23/h1-2,5-6,11H,3-4,7-9H2,(H2,18,23)(H,19,24). The molecule has 0 saturated heterocycles. The van der Waals surface area contributed by atoms with Gasteiger partial charge in [0.1, 0.15) is 12.4 Å². The quantitative estimate of drug-likeness (QED) is 0.679. The largest absolute Gasteiger partial charge is 0.368 e. The first-order valence-electron chi connectivity index (χ1n) is 7.88. The number of carbonyl (C=O) groups is 2. The third-order valence-electron chi connectivity index (χ3n) is 3.74. The lowest BCUT2D eigenvalue weighted by atomic mass is 10.2. The van der Waals surface area contributed by atoms with E-state index < -0.39 is 5.91 Å². The minimum atomic E-state index is -0.448. The van der Waals surface area contributed by atoms with Gasteiger partial charge in [-0.3, -0.25) is 14.2 Å². The van der Waals surface area contributed by atoms with Crippen LogP contribution in [0, 0.1) is 0 Å². The molecule has 0 spiro atoms. The van der Waals surface area contributed by atoms with Crippen molar-refractivity contribution in [2.75, 3.05) is 5.75 Å². The number of hydrogen-bond donors (Lipinski definition) is 2. The number of nitrogens with one attached hydrogen (secondary N) is 1. The van der Waals surface area contributed by atoms with Gasteiger partial charge in [-0.1, -0.05) is 35.5 Å². The van der Waals surface area contributed by atoms with Crippen molar-refractivity contribution in [3.8, 4) is 0 Å². The zero-order valence-electron chi connectivity index (χ0n) is 13.4. The van der Waals surface area contributed by atoms with Gasteiger partial charge in [0.25, 0.3) is 0 Å². The molecule has 0 unspecified atom stereocenters. The Kier molecular flexibility index (Phi) is 5.60. The molecule has 7 nitrogen and oxygen atoms in total. The van der Waals surface area contributed by atoms with Crippen LogP contribution < -0.4 is 11.1 Å². The third-order valence-corrected chi connectivity index (χ3v) is 4.96. The Morgan fingerprint density at radius 3 is 2.64 bits per heavy atom. The fourth-order valence-electron chi connectivity index (χ4n) is 2.34. The molecule has 3 N–H and O–H groups in total. The number of carbonyl (C=O) groups excluding carboxylic acids is 2. The first-order chi connectivity index (χ1) is 12.0. The highest BCUT2D eigenvalue weighted by Gasteiger charge is 2.30. The van der Waals surface area contributed by atoms with E-state index in [4.69, 9.17) is 17.3 Å². The molecule has 1 aliphatic rings. The summed E-state index contributed by atoms with van der Waals surface area (Å²) in [6.07, 6.45) is 2.09. The molecular formula is C16H18ClN5O2S. The molecule has 0 radical (unpaired) electrons. The van der Waals surface area contributed by atoms with Gasteiger partial charge in [0.15, 0.2) is 5.16 Å². The van der Waals surface area contributed by atoms with Gasteiger partial charge in [0.05, 0.1) is 5.75 Å². The molecule has 1 fully saturated rings. The maximum atomic E-state index is 12.0. The number of hydrogen-bond acceptors (Lipinski definition) is 5. The molecule has 0 bridgehead atoms. The second kappa shape index (κ2) is 7.88. The molecule has 0 aliphatic heterocycles. The molecule has 1 saturated carbocycles. The van der Waals surface area contributed by atoms with E-state index in [0.29, 0.717) is 22.6 Å². The summed E-state index contributed by atoms with van der Waals surface area (Å²) in [6.45, 7) is 0.464. The highest BCUT2D eigenvalue weighted by molar-refractivity contribution is 7.99. The second-order valence-corrected chi connectivity index (χ2v) is 7.24. The van der Waals surface area contributed by atoms with Crippen LogP contribution >= 0.6 is 23.4 Å². The highest BCUT2D eigenvalue weighted by Crippen LogP contribution is 2.39. The van der Waals surface area contributed by atoms with Gasteiger partial charge in [-0.2, -0.15) is 0 Å². The van der Waals surface area contributed by atoms with Crippen molar-refractivity contribution in [1.29, 1.82) is 0 Å². The van der Waals surface area contributed by atoms with E-state index in [-0.39, 0.29) is 18.2 Å². The lowest BCUT2D eigenvalue weighted by molar-refractivity contribution is -0.119. The number of halogens is 1. The lowest BCUT2D eigenvalue weighted by Gasteiger charge is -2.08. The summed E-state index contributed by atoms with van der Waals surface area (Å²) < 4.78 is 1.72. The molecule has 1 aromatic heterocycles. The van der Waals surface area contributed by atoms with Crippen molar-refractivity contribution in [2.45, 2.75) is 37.0 Å². The maximum Gasteiger partial charge on any atom is 0.237 e. The van der Waals surface area contributed by atoms with Gasteiger partial charge in [-0.25, -0.2) is 0 Å². The molecule has 3 rings (SSSR count). The van der Waals surface area contributed by atoms with Gasteiger partial charge < -0.3 is 11.1 Å². The third kappa shape index (κ3) is 4.96. The molecule has 9 heteroatoms. The fourth-order valence-corrected chi connectivity index (χ4v) is 3.24. The molecule has 1 aromatic carbocycles. The molecule has 25 heavy (non-hydrogen) atoms. The summed E-state index contributed by atoms with van der Waals surface area (Å²) in [7, 11) is 0. The summed E-state index contributed by atoms with van der Waals surface area (Å²) in [6, 6.07) is 7.29. The second-order valence-electron chi connectivity index (χ2n) is 5.86. The Labute approximate surface area is 154 Å². The van der Waals surface area contributed by atoms with E-state index in [9.17, 15) is 9.59 Å². The Morgan fingerprint density at radius 1 is 1.28 bits per heavy atom. The van der Waals surface area contributed by atoms with E-state index in [1.54, 1.807) is 16.7 Å². The van der Waals surface area contributed by atoms with Crippen LogP contribution in [0.3, 0.4) is 0 Å². The first kappa shape index (κ1) is 17.8. The summed E-state index contributed by atoms with van der Waals surface area (Å²) >= 11 is 7.08. The predicted molar refractivity (Wildman–Crippen MR) is 95.2 cm³/mol. The SMILES string of the molecule is NC(=O)Cn1c(SCC(=O)NCc2ccc(Cl)cc2)nnc1C1CC1. The average molecular weight is 380 g/mol. The highest BCUT2D eigenvalue weighted by atomic mass is 35.5. The van der Waals surface area contributed by atoms with Gasteiger partial charge in [0, 0.05) is 17.5 Å². The van der Waals surface area contributed by atoms with Crippen LogP contribution in [0.1, 0.15) is 30.1 Å². The van der Waals surface area contributed by atoms with E-state index >= 15 is 0 Å². The van der Waals surface area contributed by atoms with Crippen molar-refractivity contribution in [1.82, 2.24) is 20.1 Å². The Bertz CT molecular complexity index is 773. The summed E-state index contributed by atoms with van der Waals surface area (Å²) in [5.74, 6) is 0.745. The van der Waals surface area contributed by atoms with E-state index in [0.717, 1.165) is 24.2 Å².